The highest BCUT2D eigenvalue weighted by atomic mass is 32.2. The zero-order valence-corrected chi connectivity index (χ0v) is 15.7. The molecule has 4 rings (SSSR count). The fourth-order valence-corrected chi connectivity index (χ4v) is 4.71. The van der Waals surface area contributed by atoms with Gasteiger partial charge in [0, 0.05) is 18.6 Å². The number of nitrogens with zero attached hydrogens (tertiary/aromatic N) is 4. The van der Waals surface area contributed by atoms with Gasteiger partial charge in [-0.15, -0.1) is 11.3 Å². The first-order valence-corrected chi connectivity index (χ1v) is 10.0. The molecule has 9 heteroatoms. The molecule has 2 aromatic carbocycles. The van der Waals surface area contributed by atoms with Gasteiger partial charge in [-0.25, -0.2) is 9.99 Å². The van der Waals surface area contributed by atoms with Gasteiger partial charge >= 0.3 is 0 Å². The Bertz CT molecular complexity index is 1050. The van der Waals surface area contributed by atoms with Gasteiger partial charge in [-0.3, -0.25) is 14.9 Å². The Labute approximate surface area is 162 Å². The average Bonchev–Trinajstić information content (AvgIpc) is 3.33. The highest BCUT2D eigenvalue weighted by molar-refractivity contribution is 8.01. The molecule has 0 fully saturated rings. The number of thioether (sulfide) groups is 1. The summed E-state index contributed by atoms with van der Waals surface area (Å²) in [5.74, 6) is 0.157. The van der Waals surface area contributed by atoms with Crippen LogP contribution in [0.5, 0.6) is 0 Å². The molecule has 0 aliphatic carbocycles. The van der Waals surface area contributed by atoms with Crippen LogP contribution >= 0.6 is 23.1 Å². The molecule has 27 heavy (non-hydrogen) atoms. The highest BCUT2D eigenvalue weighted by Gasteiger charge is 2.22. The molecule has 1 aliphatic heterocycles. The lowest BCUT2D eigenvalue weighted by Gasteiger charge is -2.09. The first kappa shape index (κ1) is 17.6. The van der Waals surface area contributed by atoms with Crippen molar-refractivity contribution < 1.29 is 9.72 Å². The molecule has 0 radical (unpaired) electrons. The van der Waals surface area contributed by atoms with E-state index in [1.807, 2.05) is 30.3 Å². The Morgan fingerprint density at radius 3 is 2.85 bits per heavy atom. The molecule has 0 unspecified atom stereocenters. The topological polar surface area (TPSA) is 88.7 Å². The molecule has 3 aromatic rings. The predicted molar refractivity (Wildman–Crippen MR) is 106 cm³/mol. The lowest BCUT2D eigenvalue weighted by atomic mass is 10.1. The zero-order valence-electron chi connectivity index (χ0n) is 14.1. The van der Waals surface area contributed by atoms with Crippen LogP contribution in [0.25, 0.3) is 10.2 Å². The number of non-ortho nitro benzene ring substituents is 1. The monoisotopic (exact) mass is 398 g/mol. The van der Waals surface area contributed by atoms with Crippen LogP contribution in [0.15, 0.2) is 58.0 Å². The number of fused-ring (bicyclic) bond motifs is 1. The third-order valence-electron chi connectivity index (χ3n) is 4.08. The number of amides is 1. The van der Waals surface area contributed by atoms with Gasteiger partial charge in [0.1, 0.15) is 0 Å². The lowest BCUT2D eigenvalue weighted by molar-refractivity contribution is -0.384. The van der Waals surface area contributed by atoms with Crippen LogP contribution in [0.4, 0.5) is 5.69 Å². The van der Waals surface area contributed by atoms with E-state index in [0.717, 1.165) is 22.4 Å². The van der Waals surface area contributed by atoms with Crippen LogP contribution in [-0.4, -0.2) is 38.8 Å². The number of nitro benzene ring substituents is 1. The second kappa shape index (κ2) is 7.45. The zero-order chi connectivity index (χ0) is 18.8. The maximum absolute atomic E-state index is 12.4. The van der Waals surface area contributed by atoms with E-state index in [9.17, 15) is 14.9 Å². The van der Waals surface area contributed by atoms with Gasteiger partial charge in [0.05, 0.1) is 33.1 Å². The van der Waals surface area contributed by atoms with Crippen molar-refractivity contribution in [2.24, 2.45) is 5.10 Å². The summed E-state index contributed by atoms with van der Waals surface area (Å²) in [5, 5.41) is 16.8. The maximum atomic E-state index is 12.4. The first-order valence-electron chi connectivity index (χ1n) is 8.21. The molecule has 0 N–H and O–H groups in total. The van der Waals surface area contributed by atoms with E-state index in [2.05, 4.69) is 10.1 Å². The minimum Gasteiger partial charge on any atom is -0.272 e. The predicted octanol–water partition coefficient (Wildman–Crippen LogP) is 3.93. The van der Waals surface area contributed by atoms with Crippen LogP contribution in [0.1, 0.15) is 12.0 Å². The maximum Gasteiger partial charge on any atom is 0.270 e. The summed E-state index contributed by atoms with van der Waals surface area (Å²) in [6, 6.07) is 14.4. The number of hydrazone groups is 1. The number of nitro groups is 1. The van der Waals surface area contributed by atoms with Crippen LogP contribution in [0, 0.1) is 10.1 Å². The van der Waals surface area contributed by atoms with Crippen molar-refractivity contribution in [2.75, 3.05) is 12.3 Å². The van der Waals surface area contributed by atoms with E-state index in [1.165, 1.54) is 40.2 Å². The minimum atomic E-state index is -0.425. The number of carbonyl (C=O) groups excluding carboxylic acids is 1. The lowest BCUT2D eigenvalue weighted by Crippen LogP contribution is -2.25. The van der Waals surface area contributed by atoms with E-state index in [0.29, 0.717) is 16.4 Å². The smallest absolute Gasteiger partial charge is 0.270 e. The van der Waals surface area contributed by atoms with E-state index < -0.39 is 4.92 Å². The number of aromatic nitrogens is 1. The van der Waals surface area contributed by atoms with Crippen molar-refractivity contribution in [3.63, 3.8) is 0 Å². The van der Waals surface area contributed by atoms with E-state index in [1.54, 1.807) is 6.07 Å². The largest absolute Gasteiger partial charge is 0.272 e. The molecular weight excluding hydrogens is 384 g/mol. The molecule has 136 valence electrons. The Morgan fingerprint density at radius 1 is 1.26 bits per heavy atom. The van der Waals surface area contributed by atoms with Crippen molar-refractivity contribution in [3.05, 3.63) is 64.2 Å². The fraction of sp³-hybridized carbons (Fsp3) is 0.167. The Balaban J connectivity index is 1.41. The summed E-state index contributed by atoms with van der Waals surface area (Å²) in [4.78, 5) is 27.3. The van der Waals surface area contributed by atoms with Gasteiger partial charge in [0.15, 0.2) is 4.34 Å². The summed E-state index contributed by atoms with van der Waals surface area (Å²) in [6.07, 6.45) is 0.741. The van der Waals surface area contributed by atoms with Crippen LogP contribution < -0.4 is 0 Å². The molecule has 1 aliphatic rings. The molecule has 1 aromatic heterocycles. The molecule has 0 spiro atoms. The summed E-state index contributed by atoms with van der Waals surface area (Å²) in [5.41, 5.74) is 2.69. The Morgan fingerprint density at radius 2 is 2.07 bits per heavy atom. The number of thiazole rings is 1. The second-order valence-electron chi connectivity index (χ2n) is 5.86. The molecule has 0 saturated carbocycles. The van der Waals surface area contributed by atoms with Crippen LogP contribution in [0.3, 0.4) is 0 Å². The molecule has 0 saturated heterocycles. The molecule has 0 bridgehead atoms. The second-order valence-corrected chi connectivity index (χ2v) is 8.11. The molecule has 7 nitrogen and oxygen atoms in total. The van der Waals surface area contributed by atoms with Gasteiger partial charge < -0.3 is 0 Å². The van der Waals surface area contributed by atoms with E-state index in [-0.39, 0.29) is 17.3 Å². The first-order chi connectivity index (χ1) is 13.1. The molecule has 2 heterocycles. The van der Waals surface area contributed by atoms with Gasteiger partial charge in [-0.05, 0) is 11.6 Å². The van der Waals surface area contributed by atoms with Gasteiger partial charge in [0.25, 0.3) is 11.6 Å². The average molecular weight is 398 g/mol. The standard InChI is InChI=1S/C18H14N4O3S2/c23-17(21-9-8-14(20-21)12-4-2-1-3-5-12)11-26-18-19-15-7-6-13(22(24)25)10-16(15)27-18/h1-7,10H,8-9,11H2. The quantitative estimate of drug-likeness (QED) is 0.369. The number of rotatable bonds is 5. The Kier molecular flexibility index (Phi) is 4.87. The van der Waals surface area contributed by atoms with Gasteiger partial charge in [-0.1, -0.05) is 42.1 Å². The minimum absolute atomic E-state index is 0.0404. The Hall–Kier alpha value is -2.78. The molecule has 0 atom stereocenters. The normalized spacial score (nSPS) is 13.8. The molecule has 1 amide bonds. The fourth-order valence-electron chi connectivity index (χ4n) is 2.74. The van der Waals surface area contributed by atoms with Crippen LogP contribution in [-0.2, 0) is 4.79 Å². The summed E-state index contributed by atoms with van der Waals surface area (Å²) >= 11 is 2.68. The van der Waals surface area contributed by atoms with Crippen molar-refractivity contribution >= 4 is 50.6 Å². The number of hydrogen-bond acceptors (Lipinski definition) is 7. The summed E-state index contributed by atoms with van der Waals surface area (Å²) < 4.78 is 1.45. The SMILES string of the molecule is O=C(CSc1nc2ccc([N+](=O)[O-])cc2s1)N1CCC(c2ccccc2)=N1. The van der Waals surface area contributed by atoms with E-state index >= 15 is 0 Å². The van der Waals surface area contributed by atoms with Crippen LogP contribution in [0.2, 0.25) is 0 Å². The highest BCUT2D eigenvalue weighted by Crippen LogP contribution is 2.32. The summed E-state index contributed by atoms with van der Waals surface area (Å²) in [6.45, 7) is 0.579. The molecular formula is C18H14N4O3S2. The summed E-state index contributed by atoms with van der Waals surface area (Å²) in [7, 11) is 0. The van der Waals surface area contributed by atoms with Gasteiger partial charge in [-0.2, -0.15) is 5.10 Å². The van der Waals surface area contributed by atoms with Crippen molar-refractivity contribution in [2.45, 2.75) is 10.8 Å². The number of benzene rings is 2. The van der Waals surface area contributed by atoms with Crippen molar-refractivity contribution in [1.82, 2.24) is 9.99 Å². The van der Waals surface area contributed by atoms with Crippen molar-refractivity contribution in [1.29, 1.82) is 0 Å². The third kappa shape index (κ3) is 3.83. The number of carbonyl (C=O) groups is 1. The van der Waals surface area contributed by atoms with Gasteiger partial charge in [0.2, 0.25) is 0 Å². The number of hydrogen-bond donors (Lipinski definition) is 0. The van der Waals surface area contributed by atoms with Crippen molar-refractivity contribution in [3.8, 4) is 0 Å². The third-order valence-corrected chi connectivity index (χ3v) is 6.22. The van der Waals surface area contributed by atoms with E-state index in [4.69, 9.17) is 0 Å².